The number of aryl methyl sites for hydroxylation is 1. The smallest absolute Gasteiger partial charge is 0.227 e. The van der Waals surface area contributed by atoms with E-state index in [9.17, 15) is 8.42 Å². The Hall–Kier alpha value is -0.660. The quantitative estimate of drug-likeness (QED) is 0.564. The number of alkyl halides is 1. The first-order valence-corrected chi connectivity index (χ1v) is 7.54. The van der Waals surface area contributed by atoms with Crippen LogP contribution in [0.15, 0.2) is 4.52 Å². The number of hydrogen-bond donors (Lipinski definition) is 1. The number of sulfonamides is 1. The van der Waals surface area contributed by atoms with E-state index in [1.807, 2.05) is 0 Å². The van der Waals surface area contributed by atoms with E-state index in [1.165, 1.54) is 0 Å². The summed E-state index contributed by atoms with van der Waals surface area (Å²) in [4.78, 5) is 3.98. The molecule has 17 heavy (non-hydrogen) atoms. The normalized spacial score (nSPS) is 11.9. The molecule has 1 aromatic rings. The zero-order valence-corrected chi connectivity index (χ0v) is 11.2. The zero-order valence-electron chi connectivity index (χ0n) is 9.65. The monoisotopic (exact) mass is 281 g/mol. The van der Waals surface area contributed by atoms with Crippen LogP contribution in [0.2, 0.25) is 0 Å². The summed E-state index contributed by atoms with van der Waals surface area (Å²) in [5.41, 5.74) is 0. The maximum atomic E-state index is 11.5. The van der Waals surface area contributed by atoms with Crippen LogP contribution in [0.1, 0.15) is 24.6 Å². The summed E-state index contributed by atoms with van der Waals surface area (Å²) in [5.74, 6) is 1.57. The van der Waals surface area contributed by atoms with Crippen molar-refractivity contribution in [1.82, 2.24) is 14.9 Å². The Bertz CT molecular complexity index is 432. The van der Waals surface area contributed by atoms with Crippen molar-refractivity contribution in [2.75, 3.05) is 18.2 Å². The minimum absolute atomic E-state index is 0.0998. The topological polar surface area (TPSA) is 85.1 Å². The Morgan fingerprint density at radius 2 is 2.18 bits per heavy atom. The predicted molar refractivity (Wildman–Crippen MR) is 64.5 cm³/mol. The fraction of sp³-hybridized carbons (Fsp3) is 0.778. The van der Waals surface area contributed by atoms with Gasteiger partial charge in [-0.3, -0.25) is 0 Å². The highest BCUT2D eigenvalue weighted by Gasteiger charge is 2.10. The maximum Gasteiger partial charge on any atom is 0.227 e. The van der Waals surface area contributed by atoms with Crippen molar-refractivity contribution < 1.29 is 12.9 Å². The lowest BCUT2D eigenvalue weighted by Gasteiger charge is -2.04. The van der Waals surface area contributed by atoms with Crippen LogP contribution in [0.25, 0.3) is 0 Å². The van der Waals surface area contributed by atoms with Crippen LogP contribution in [0.4, 0.5) is 0 Å². The van der Waals surface area contributed by atoms with Gasteiger partial charge in [-0.2, -0.15) is 4.98 Å². The van der Waals surface area contributed by atoms with E-state index >= 15 is 0 Å². The maximum absolute atomic E-state index is 11.5. The zero-order chi connectivity index (χ0) is 12.7. The van der Waals surface area contributed by atoms with Crippen LogP contribution >= 0.6 is 11.6 Å². The van der Waals surface area contributed by atoms with E-state index in [-0.39, 0.29) is 12.3 Å². The van der Waals surface area contributed by atoms with Crippen LogP contribution in [0.3, 0.4) is 0 Å². The van der Waals surface area contributed by atoms with E-state index in [2.05, 4.69) is 14.9 Å². The van der Waals surface area contributed by atoms with Gasteiger partial charge in [-0.05, 0) is 19.8 Å². The highest BCUT2D eigenvalue weighted by molar-refractivity contribution is 7.89. The third-order valence-electron chi connectivity index (χ3n) is 2.03. The van der Waals surface area contributed by atoms with Crippen LogP contribution in [0.5, 0.6) is 0 Å². The molecule has 98 valence electrons. The van der Waals surface area contributed by atoms with E-state index in [0.29, 0.717) is 36.9 Å². The molecular formula is C9H16ClN3O3S. The lowest BCUT2D eigenvalue weighted by atomic mass is 10.4. The average molecular weight is 282 g/mol. The van der Waals surface area contributed by atoms with Gasteiger partial charge in [0.25, 0.3) is 0 Å². The molecular weight excluding hydrogens is 266 g/mol. The highest BCUT2D eigenvalue weighted by atomic mass is 35.5. The molecule has 0 unspecified atom stereocenters. The summed E-state index contributed by atoms with van der Waals surface area (Å²) in [6.07, 6.45) is 1.67. The molecule has 1 heterocycles. The van der Waals surface area contributed by atoms with Crippen molar-refractivity contribution in [2.45, 2.75) is 26.2 Å². The van der Waals surface area contributed by atoms with Crippen molar-refractivity contribution in [2.24, 2.45) is 0 Å². The highest BCUT2D eigenvalue weighted by Crippen LogP contribution is 1.98. The van der Waals surface area contributed by atoms with Gasteiger partial charge in [-0.25, -0.2) is 13.1 Å². The van der Waals surface area contributed by atoms with E-state index in [4.69, 9.17) is 16.1 Å². The van der Waals surface area contributed by atoms with Gasteiger partial charge < -0.3 is 4.52 Å². The second-order valence-electron chi connectivity index (χ2n) is 3.59. The number of aromatic nitrogens is 2. The summed E-state index contributed by atoms with van der Waals surface area (Å²) in [5, 5.41) is 3.61. The number of halogens is 1. The number of rotatable bonds is 8. The van der Waals surface area contributed by atoms with Gasteiger partial charge in [0.2, 0.25) is 15.9 Å². The van der Waals surface area contributed by atoms with Crippen molar-refractivity contribution in [1.29, 1.82) is 0 Å². The first-order chi connectivity index (χ1) is 8.03. The Labute approximate surface area is 106 Å². The van der Waals surface area contributed by atoms with Crippen molar-refractivity contribution in [3.63, 3.8) is 0 Å². The number of nitrogens with zero attached hydrogens (tertiary/aromatic N) is 2. The molecule has 0 saturated carbocycles. The standard InChI is InChI=1S/C9H16ClN3O3S/c1-8-12-9(16-13-8)4-6-11-17(14,15)7-3-2-5-10/h11H,2-7H2,1H3. The number of nitrogens with one attached hydrogen (secondary N) is 1. The Morgan fingerprint density at radius 1 is 1.41 bits per heavy atom. The molecule has 0 saturated heterocycles. The molecule has 0 aromatic carbocycles. The lowest BCUT2D eigenvalue weighted by molar-refractivity contribution is 0.375. The minimum atomic E-state index is -3.22. The largest absolute Gasteiger partial charge is 0.339 e. The lowest BCUT2D eigenvalue weighted by Crippen LogP contribution is -2.28. The van der Waals surface area contributed by atoms with Crippen LogP contribution in [-0.4, -0.2) is 36.7 Å². The Kier molecular flexibility index (Phi) is 5.87. The summed E-state index contributed by atoms with van der Waals surface area (Å²) in [6.45, 7) is 1.98. The van der Waals surface area contributed by atoms with Crippen molar-refractivity contribution >= 4 is 21.6 Å². The second-order valence-corrected chi connectivity index (χ2v) is 5.90. The summed E-state index contributed by atoms with van der Waals surface area (Å²) in [6, 6.07) is 0. The minimum Gasteiger partial charge on any atom is -0.339 e. The third-order valence-corrected chi connectivity index (χ3v) is 3.76. The summed E-state index contributed by atoms with van der Waals surface area (Å²) < 4.78 is 30.3. The molecule has 0 aliphatic carbocycles. The first kappa shape index (κ1) is 14.4. The number of hydrogen-bond acceptors (Lipinski definition) is 5. The van der Waals surface area contributed by atoms with Gasteiger partial charge in [0.05, 0.1) is 5.75 Å². The van der Waals surface area contributed by atoms with E-state index < -0.39 is 10.0 Å². The van der Waals surface area contributed by atoms with Gasteiger partial charge >= 0.3 is 0 Å². The predicted octanol–water partition coefficient (Wildman–Crippen LogP) is 0.859. The van der Waals surface area contributed by atoms with Gasteiger partial charge in [0.15, 0.2) is 5.82 Å². The third kappa shape index (κ3) is 5.99. The molecule has 0 aliphatic heterocycles. The van der Waals surface area contributed by atoms with Crippen molar-refractivity contribution in [3.8, 4) is 0 Å². The number of unbranched alkanes of at least 4 members (excludes halogenated alkanes) is 1. The molecule has 1 rings (SSSR count). The van der Waals surface area contributed by atoms with Gasteiger partial charge in [0, 0.05) is 18.8 Å². The first-order valence-electron chi connectivity index (χ1n) is 5.36. The fourth-order valence-corrected chi connectivity index (χ4v) is 2.54. The molecule has 0 amide bonds. The molecule has 1 N–H and O–H groups in total. The molecule has 0 atom stereocenters. The average Bonchev–Trinajstić information content (AvgIpc) is 2.64. The summed E-state index contributed by atoms with van der Waals surface area (Å²) >= 11 is 5.47. The molecule has 6 nitrogen and oxygen atoms in total. The fourth-order valence-electron chi connectivity index (χ4n) is 1.21. The molecule has 0 radical (unpaired) electrons. The molecule has 8 heteroatoms. The summed E-state index contributed by atoms with van der Waals surface area (Å²) in [7, 11) is -3.22. The Morgan fingerprint density at radius 3 is 2.76 bits per heavy atom. The van der Waals surface area contributed by atoms with E-state index in [0.717, 1.165) is 0 Å². The molecule has 0 fully saturated rings. The Balaban J connectivity index is 2.25. The van der Waals surface area contributed by atoms with Crippen LogP contribution in [-0.2, 0) is 16.4 Å². The molecule has 0 aliphatic rings. The van der Waals surface area contributed by atoms with Gasteiger partial charge in [0.1, 0.15) is 0 Å². The van der Waals surface area contributed by atoms with Crippen LogP contribution < -0.4 is 4.72 Å². The molecule has 0 spiro atoms. The van der Waals surface area contributed by atoms with Gasteiger partial charge in [-0.15, -0.1) is 11.6 Å². The SMILES string of the molecule is Cc1noc(CCNS(=O)(=O)CCCCCl)n1. The van der Waals surface area contributed by atoms with E-state index in [1.54, 1.807) is 6.92 Å². The van der Waals surface area contributed by atoms with Gasteiger partial charge in [-0.1, -0.05) is 5.16 Å². The second kappa shape index (κ2) is 6.93. The van der Waals surface area contributed by atoms with Crippen LogP contribution in [0, 0.1) is 6.92 Å². The van der Waals surface area contributed by atoms with Crippen molar-refractivity contribution in [3.05, 3.63) is 11.7 Å². The molecule has 0 bridgehead atoms. The molecule has 1 aromatic heterocycles.